The Morgan fingerprint density at radius 1 is 0.635 bits per heavy atom. The number of hydrogen-bond donors (Lipinski definition) is 3. The van der Waals surface area contributed by atoms with E-state index in [0.29, 0.717) is 12.4 Å². The monoisotopic (exact) mass is 754 g/mol. The Morgan fingerprint density at radius 2 is 1.02 bits per heavy atom. The lowest BCUT2D eigenvalue weighted by Crippen LogP contribution is -3.00. The average Bonchev–Trinajstić information content (AvgIpc) is 3.64. The number of aromatic amines is 1. The van der Waals surface area contributed by atoms with E-state index in [9.17, 15) is 14.4 Å². The number of esters is 2. The van der Waals surface area contributed by atoms with Crippen LogP contribution in [0.1, 0.15) is 206 Å². The maximum atomic E-state index is 13.0. The molecular weight excluding hydrogens is 676 g/mol. The molecular formula is C42H78ClN4O5-. The van der Waals surface area contributed by atoms with E-state index in [2.05, 4.69) is 29.1 Å². The molecule has 0 aliphatic rings. The molecule has 52 heavy (non-hydrogen) atoms. The van der Waals surface area contributed by atoms with Crippen molar-refractivity contribution in [1.29, 1.82) is 0 Å². The summed E-state index contributed by atoms with van der Waals surface area (Å²) in [6.07, 6.45) is 38.2. The number of unbranched alkanes of at least 4 members (excludes halogenated alkanes) is 26. The molecule has 1 aromatic heterocycles. The van der Waals surface area contributed by atoms with Gasteiger partial charge in [0.2, 0.25) is 5.91 Å². The molecule has 0 saturated heterocycles. The lowest BCUT2D eigenvalue weighted by Gasteiger charge is -2.19. The van der Waals surface area contributed by atoms with Gasteiger partial charge in [0.25, 0.3) is 0 Å². The van der Waals surface area contributed by atoms with Crippen LogP contribution >= 0.6 is 0 Å². The van der Waals surface area contributed by atoms with E-state index in [-0.39, 0.29) is 31.9 Å². The Kier molecular flexibility index (Phi) is 35.7. The Morgan fingerprint density at radius 3 is 1.40 bits per heavy atom. The van der Waals surface area contributed by atoms with Crippen molar-refractivity contribution in [1.82, 2.24) is 15.3 Å². The van der Waals surface area contributed by atoms with E-state index in [0.717, 1.165) is 38.5 Å². The molecule has 0 aliphatic heterocycles. The van der Waals surface area contributed by atoms with Gasteiger partial charge in [-0.15, -0.1) is 0 Å². The highest BCUT2D eigenvalue weighted by molar-refractivity contribution is 5.90. The van der Waals surface area contributed by atoms with Gasteiger partial charge in [0.1, 0.15) is 11.9 Å². The summed E-state index contributed by atoms with van der Waals surface area (Å²) in [4.78, 5) is 45.6. The van der Waals surface area contributed by atoms with E-state index in [1.165, 1.54) is 141 Å². The van der Waals surface area contributed by atoms with Crippen molar-refractivity contribution in [2.75, 3.05) is 13.2 Å². The number of nitrogens with zero attached hydrogens (tertiary/aromatic N) is 1. The fraction of sp³-hybridized carbons (Fsp3) is 0.857. The van der Waals surface area contributed by atoms with Gasteiger partial charge in [-0.25, -0.2) is 9.78 Å². The van der Waals surface area contributed by atoms with Crippen molar-refractivity contribution in [2.45, 2.75) is 219 Å². The number of amides is 1. The van der Waals surface area contributed by atoms with Crippen LogP contribution in [-0.2, 0) is 30.3 Å². The number of aromatic nitrogens is 2. The molecule has 0 spiro atoms. The second-order valence-electron chi connectivity index (χ2n) is 14.7. The molecule has 10 heteroatoms. The van der Waals surface area contributed by atoms with Crippen LogP contribution in [0.15, 0.2) is 12.4 Å². The smallest absolute Gasteiger partial charge is 0.329 e. The van der Waals surface area contributed by atoms with Gasteiger partial charge < -0.3 is 37.9 Å². The SMILES string of the molecule is CCCCCCCCCCCCCCCCOC(=O)C[C@@H](NC(=O)[C@@H](N)Cc1ncc[nH]1)C(=O)OCCCCCCCCCCCCCCCC.[Cl-]. The van der Waals surface area contributed by atoms with Crippen LogP contribution in [0.5, 0.6) is 0 Å². The molecule has 0 aliphatic carbocycles. The first-order valence-corrected chi connectivity index (χ1v) is 21.3. The van der Waals surface area contributed by atoms with Gasteiger partial charge in [0.05, 0.1) is 25.7 Å². The number of rotatable bonds is 37. The van der Waals surface area contributed by atoms with Crippen LogP contribution in [0.3, 0.4) is 0 Å². The Labute approximate surface area is 324 Å². The summed E-state index contributed by atoms with van der Waals surface area (Å²) in [6, 6.07) is -2.07. The van der Waals surface area contributed by atoms with E-state index in [4.69, 9.17) is 15.2 Å². The molecule has 1 amide bonds. The van der Waals surface area contributed by atoms with Crippen LogP contribution in [0.2, 0.25) is 0 Å². The second kappa shape index (κ2) is 37.2. The minimum absolute atomic E-state index is 0. The minimum atomic E-state index is -1.14. The van der Waals surface area contributed by atoms with Gasteiger partial charge in [0, 0.05) is 18.8 Å². The summed E-state index contributed by atoms with van der Waals surface area (Å²) in [7, 11) is 0. The van der Waals surface area contributed by atoms with E-state index in [1.54, 1.807) is 12.4 Å². The maximum absolute atomic E-state index is 13.0. The Balaban J connectivity index is 0.0000260. The summed E-state index contributed by atoms with van der Waals surface area (Å²) >= 11 is 0. The van der Waals surface area contributed by atoms with Gasteiger partial charge in [-0.1, -0.05) is 181 Å². The fourth-order valence-electron chi connectivity index (χ4n) is 6.46. The minimum Gasteiger partial charge on any atom is -1.00 e. The van der Waals surface area contributed by atoms with Crippen molar-refractivity contribution >= 4 is 17.8 Å². The molecule has 0 radical (unpaired) electrons. The number of carbonyl (C=O) groups is 3. The fourth-order valence-corrected chi connectivity index (χ4v) is 6.46. The summed E-state index contributed by atoms with van der Waals surface area (Å²) in [5, 5.41) is 2.64. The number of hydrogen-bond acceptors (Lipinski definition) is 7. The van der Waals surface area contributed by atoms with E-state index < -0.39 is 29.9 Å². The van der Waals surface area contributed by atoms with E-state index >= 15 is 0 Å². The third-order valence-corrected chi connectivity index (χ3v) is 9.78. The number of halogens is 1. The first kappa shape index (κ1) is 49.9. The molecule has 304 valence electrons. The van der Waals surface area contributed by atoms with Crippen molar-refractivity contribution in [2.24, 2.45) is 5.73 Å². The zero-order valence-electron chi connectivity index (χ0n) is 33.4. The van der Waals surface area contributed by atoms with Gasteiger partial charge in [-0.2, -0.15) is 0 Å². The van der Waals surface area contributed by atoms with Crippen molar-refractivity contribution in [3.63, 3.8) is 0 Å². The normalized spacial score (nSPS) is 12.2. The largest absolute Gasteiger partial charge is 1.00 e. The van der Waals surface area contributed by atoms with Crippen molar-refractivity contribution in [3.8, 4) is 0 Å². The van der Waals surface area contributed by atoms with Gasteiger partial charge in [-0.05, 0) is 12.8 Å². The van der Waals surface area contributed by atoms with Crippen LogP contribution in [-0.4, -0.2) is 53.1 Å². The van der Waals surface area contributed by atoms with E-state index in [1.807, 2.05) is 0 Å². The lowest BCUT2D eigenvalue weighted by atomic mass is 10.0. The standard InChI is InChI=1S/C42H78N4O5.ClH/c1-3-5-7-9-11-13-15-17-19-21-23-25-27-29-33-50-40(47)36-38(46-41(48)37(43)35-39-44-31-32-45-39)42(49)51-34-30-28-26-24-22-20-18-16-14-12-10-8-6-4-2;/h31-32,37-38H,3-30,33-36,43H2,1-2H3,(H,44,45)(H,46,48);1H/p-1/t37-,38+;/m0./s1. The maximum Gasteiger partial charge on any atom is 0.329 e. The van der Waals surface area contributed by atoms with Crippen molar-refractivity contribution < 1.29 is 36.3 Å². The molecule has 0 fully saturated rings. The number of nitrogens with two attached hydrogens (primary N) is 1. The molecule has 9 nitrogen and oxygen atoms in total. The Hall–Kier alpha value is -2.13. The topological polar surface area (TPSA) is 136 Å². The Bertz CT molecular complexity index is 949. The molecule has 0 saturated carbocycles. The molecule has 0 unspecified atom stereocenters. The first-order valence-electron chi connectivity index (χ1n) is 21.3. The number of H-pyrrole nitrogens is 1. The third kappa shape index (κ3) is 30.3. The number of imidazole rings is 1. The third-order valence-electron chi connectivity index (χ3n) is 9.78. The highest BCUT2D eigenvalue weighted by atomic mass is 35.5. The molecule has 0 aromatic carbocycles. The van der Waals surface area contributed by atoms with Crippen LogP contribution in [0, 0.1) is 0 Å². The van der Waals surface area contributed by atoms with Crippen molar-refractivity contribution in [3.05, 3.63) is 18.2 Å². The summed E-state index contributed by atoms with van der Waals surface area (Å²) in [5.74, 6) is -1.12. The molecule has 2 atom stereocenters. The first-order chi connectivity index (χ1) is 25.0. The van der Waals surface area contributed by atoms with Crippen LogP contribution < -0.4 is 23.5 Å². The molecule has 0 bridgehead atoms. The zero-order chi connectivity index (χ0) is 37.0. The van der Waals surface area contributed by atoms with Crippen LogP contribution in [0.25, 0.3) is 0 Å². The molecule has 4 N–H and O–H groups in total. The second-order valence-corrected chi connectivity index (χ2v) is 14.7. The predicted molar refractivity (Wildman–Crippen MR) is 209 cm³/mol. The zero-order valence-corrected chi connectivity index (χ0v) is 34.1. The molecule has 1 rings (SSSR count). The predicted octanol–water partition coefficient (Wildman–Crippen LogP) is 7.21. The van der Waals surface area contributed by atoms with Gasteiger partial charge >= 0.3 is 11.9 Å². The summed E-state index contributed by atoms with van der Waals surface area (Å²) in [6.45, 7) is 5.09. The summed E-state index contributed by atoms with van der Waals surface area (Å²) < 4.78 is 11.0. The van der Waals surface area contributed by atoms with Crippen LogP contribution in [0.4, 0.5) is 0 Å². The number of nitrogens with one attached hydrogen (secondary N) is 2. The molecule has 1 heterocycles. The van der Waals surface area contributed by atoms with Gasteiger partial charge in [-0.3, -0.25) is 9.59 Å². The number of ether oxygens (including phenoxy) is 2. The quantitative estimate of drug-likeness (QED) is 0.0483. The lowest BCUT2D eigenvalue weighted by molar-refractivity contribution is -0.154. The average molecular weight is 755 g/mol. The highest BCUT2D eigenvalue weighted by Gasteiger charge is 2.28. The molecule has 1 aromatic rings. The summed E-state index contributed by atoms with van der Waals surface area (Å²) in [5.41, 5.74) is 6.08. The van der Waals surface area contributed by atoms with Gasteiger partial charge in [0.15, 0.2) is 0 Å². The number of carbonyl (C=O) groups excluding carboxylic acids is 3. The highest BCUT2D eigenvalue weighted by Crippen LogP contribution is 2.15.